The second kappa shape index (κ2) is 5.70. The van der Waals surface area contributed by atoms with Gasteiger partial charge < -0.3 is 8.96 Å². The summed E-state index contributed by atoms with van der Waals surface area (Å²) in [6.07, 6.45) is 4.99. The molecule has 0 bridgehead atoms. The minimum absolute atomic E-state index is 0.847. The first kappa shape index (κ1) is 13.0. The standard InChI is InChI=1S/C5H8N3O2S.ClH.Zn/c1-7(2)11(9,10)8-4-3-6-5-8;;/h3-4H,1-2H3;1H;/q-1;;+2/p-1. The molecule has 0 radical (unpaired) electrons. The Balaban J connectivity index is 0.000000671. The van der Waals surface area contributed by atoms with E-state index >= 15 is 0 Å². The molecule has 0 unspecified atom stereocenters. The third-order valence-electron chi connectivity index (χ3n) is 1.14. The zero-order valence-electron chi connectivity index (χ0n) is 7.31. The molecule has 8 heteroatoms. The van der Waals surface area contributed by atoms with Gasteiger partial charge in [-0.05, 0) is 0 Å². The maximum atomic E-state index is 11.2. The van der Waals surface area contributed by atoms with Crippen LogP contribution in [0, 0.1) is 6.33 Å². The van der Waals surface area contributed by atoms with Gasteiger partial charge in [0, 0.05) is 20.4 Å². The maximum absolute atomic E-state index is 11.2. The van der Waals surface area contributed by atoms with Crippen molar-refractivity contribution in [2.24, 2.45) is 0 Å². The van der Waals surface area contributed by atoms with E-state index in [1.807, 2.05) is 0 Å². The van der Waals surface area contributed by atoms with Crippen molar-refractivity contribution in [3.8, 4) is 0 Å². The van der Waals surface area contributed by atoms with Crippen molar-refractivity contribution < 1.29 is 25.7 Å². The summed E-state index contributed by atoms with van der Waals surface area (Å²) in [5, 5.41) is 0. The summed E-state index contributed by atoms with van der Waals surface area (Å²) in [6, 6.07) is 0. The van der Waals surface area contributed by atoms with Gasteiger partial charge in [0.15, 0.2) is 0 Å². The fourth-order valence-electron chi connectivity index (χ4n) is 0.522. The SMILES string of the molecule is CN(C)S(=O)(=O)n1[c-]ncc1.[Cl][Zn+]. The van der Waals surface area contributed by atoms with E-state index in [-0.39, 0.29) is 0 Å². The molecule has 0 fully saturated rings. The number of hydrogen-bond donors (Lipinski definition) is 0. The van der Waals surface area contributed by atoms with Crippen molar-refractivity contribution in [3.05, 3.63) is 18.7 Å². The van der Waals surface area contributed by atoms with Crippen LogP contribution in [0.3, 0.4) is 0 Å². The molecule has 5 nitrogen and oxygen atoms in total. The van der Waals surface area contributed by atoms with Crippen LogP contribution >= 0.6 is 9.69 Å². The van der Waals surface area contributed by atoms with E-state index < -0.39 is 10.2 Å². The summed E-state index contributed by atoms with van der Waals surface area (Å²) in [5.74, 6) is 0. The summed E-state index contributed by atoms with van der Waals surface area (Å²) < 4.78 is 24.4. The molecule has 0 aliphatic heterocycles. The summed E-state index contributed by atoms with van der Waals surface area (Å²) in [6.45, 7) is 0. The van der Waals surface area contributed by atoms with E-state index in [0.717, 1.165) is 25.6 Å². The van der Waals surface area contributed by atoms with Crippen LogP contribution in [-0.2, 0) is 27.5 Å². The molecule has 0 aliphatic rings. The average molecular weight is 275 g/mol. The van der Waals surface area contributed by atoms with Crippen LogP contribution in [0.4, 0.5) is 0 Å². The van der Waals surface area contributed by atoms with Crippen LogP contribution in [0.25, 0.3) is 0 Å². The van der Waals surface area contributed by atoms with E-state index in [2.05, 4.69) is 11.3 Å². The third kappa shape index (κ3) is 3.34. The zero-order valence-corrected chi connectivity index (χ0v) is 11.8. The Morgan fingerprint density at radius 2 is 2.08 bits per heavy atom. The quantitative estimate of drug-likeness (QED) is 0.565. The van der Waals surface area contributed by atoms with Crippen LogP contribution in [-0.4, -0.2) is 35.8 Å². The Morgan fingerprint density at radius 3 is 2.38 bits per heavy atom. The van der Waals surface area contributed by atoms with Gasteiger partial charge in [0.05, 0.1) is 0 Å². The Kier molecular flexibility index (Phi) is 5.71. The molecule has 13 heavy (non-hydrogen) atoms. The number of rotatable bonds is 2. The summed E-state index contributed by atoms with van der Waals surface area (Å²) in [4.78, 5) is 3.50. The molecular formula is C5H8ClN3O2SZn. The van der Waals surface area contributed by atoms with Crippen LogP contribution in [0.1, 0.15) is 0 Å². The van der Waals surface area contributed by atoms with Crippen molar-refractivity contribution in [1.82, 2.24) is 13.3 Å². The van der Waals surface area contributed by atoms with Crippen LogP contribution in [0.15, 0.2) is 12.4 Å². The topological polar surface area (TPSA) is 55.2 Å². The second-order valence-corrected chi connectivity index (χ2v) is 4.13. The zero-order chi connectivity index (χ0) is 10.5. The Bertz CT molecular complexity index is 324. The molecule has 1 aromatic heterocycles. The number of imidazole rings is 1. The molecule has 70 valence electrons. The molecule has 1 rings (SSSR count). The number of nitrogens with zero attached hydrogens (tertiary/aromatic N) is 3. The fraction of sp³-hybridized carbons (Fsp3) is 0.400. The number of halogens is 1. The molecule has 0 amide bonds. The molecular weight excluding hydrogens is 267 g/mol. The van der Waals surface area contributed by atoms with E-state index in [0.29, 0.717) is 0 Å². The monoisotopic (exact) mass is 273 g/mol. The van der Waals surface area contributed by atoms with Gasteiger partial charge in [0.2, 0.25) is 0 Å². The fourth-order valence-corrected chi connectivity index (χ4v) is 1.23. The van der Waals surface area contributed by atoms with Gasteiger partial charge in [-0.3, -0.25) is 0 Å². The molecule has 0 atom stereocenters. The van der Waals surface area contributed by atoms with Gasteiger partial charge >= 0.3 is 27.0 Å². The van der Waals surface area contributed by atoms with Crippen LogP contribution in [0.5, 0.6) is 0 Å². The second-order valence-electron chi connectivity index (χ2n) is 2.11. The van der Waals surface area contributed by atoms with Gasteiger partial charge in [0.1, 0.15) is 0 Å². The van der Waals surface area contributed by atoms with Crippen LogP contribution in [0.2, 0.25) is 0 Å². The van der Waals surface area contributed by atoms with Crippen molar-refractivity contribution in [3.63, 3.8) is 0 Å². The molecule has 0 saturated carbocycles. The van der Waals surface area contributed by atoms with Gasteiger partial charge in [-0.2, -0.15) is 12.7 Å². The number of aromatic nitrogens is 2. The molecule has 1 heterocycles. The van der Waals surface area contributed by atoms with Crippen molar-refractivity contribution >= 4 is 19.9 Å². The van der Waals surface area contributed by atoms with Crippen molar-refractivity contribution in [2.75, 3.05) is 14.1 Å². The first-order valence-electron chi connectivity index (χ1n) is 3.16. The molecule has 0 spiro atoms. The van der Waals surface area contributed by atoms with Gasteiger partial charge in [-0.1, -0.05) is 0 Å². The van der Waals surface area contributed by atoms with Gasteiger partial charge in [-0.25, -0.2) is 0 Å². The minimum atomic E-state index is -3.40. The predicted molar refractivity (Wildman–Crippen MR) is 44.9 cm³/mol. The van der Waals surface area contributed by atoms with Gasteiger partial charge in [-0.15, -0.1) is 12.4 Å². The Morgan fingerprint density at radius 1 is 1.54 bits per heavy atom. The van der Waals surface area contributed by atoms with E-state index in [1.54, 1.807) is 0 Å². The first-order valence-corrected chi connectivity index (χ1v) is 8.45. The normalized spacial score (nSPS) is 10.9. The van der Waals surface area contributed by atoms with Crippen molar-refractivity contribution in [2.45, 2.75) is 0 Å². The summed E-state index contributed by atoms with van der Waals surface area (Å²) in [5.41, 5.74) is 0. The summed E-state index contributed by atoms with van der Waals surface area (Å²) >= 11 is 0.847. The molecule has 0 saturated heterocycles. The Hall–Kier alpha value is 0.0334. The third-order valence-corrected chi connectivity index (χ3v) is 2.77. The van der Waals surface area contributed by atoms with E-state index in [9.17, 15) is 8.42 Å². The van der Waals surface area contributed by atoms with E-state index in [1.165, 1.54) is 26.5 Å². The Labute approximate surface area is 91.6 Å². The van der Waals surface area contributed by atoms with E-state index in [4.69, 9.17) is 9.69 Å². The van der Waals surface area contributed by atoms with Crippen molar-refractivity contribution in [1.29, 1.82) is 0 Å². The summed E-state index contributed by atoms with van der Waals surface area (Å²) in [7, 11) is 4.26. The molecule has 0 aromatic carbocycles. The molecule has 0 aliphatic carbocycles. The number of hydrogen-bond acceptors (Lipinski definition) is 3. The average Bonchev–Trinajstić information content (AvgIpc) is 2.60. The molecule has 0 N–H and O–H groups in total. The van der Waals surface area contributed by atoms with Gasteiger partial charge in [0.25, 0.3) is 10.2 Å². The first-order chi connectivity index (χ1) is 6.05. The molecule has 1 aromatic rings. The predicted octanol–water partition coefficient (Wildman–Crippen LogP) is 0.0248. The van der Waals surface area contributed by atoms with Crippen LogP contribution < -0.4 is 0 Å².